The van der Waals surface area contributed by atoms with Crippen molar-refractivity contribution in [1.82, 2.24) is 4.57 Å². The van der Waals surface area contributed by atoms with Crippen molar-refractivity contribution >= 4 is 16.9 Å². The van der Waals surface area contributed by atoms with Gasteiger partial charge in [0.25, 0.3) is 0 Å². The first kappa shape index (κ1) is 11.3. The van der Waals surface area contributed by atoms with Gasteiger partial charge >= 0.3 is 5.97 Å². The highest BCUT2D eigenvalue weighted by molar-refractivity contribution is 5.85. The van der Waals surface area contributed by atoms with Crippen LogP contribution >= 0.6 is 0 Å². The smallest absolute Gasteiger partial charge is 0.305 e. The molecule has 0 unspecified atom stereocenters. The highest BCUT2D eigenvalue weighted by atomic mass is 16.5. The molecule has 0 fully saturated rings. The molecule has 18 heavy (non-hydrogen) atoms. The molecular formula is C15H17NO2. The Kier molecular flexibility index (Phi) is 2.82. The number of carbonyl (C=O) groups is 1. The van der Waals surface area contributed by atoms with Crippen LogP contribution in [0.4, 0.5) is 0 Å². The highest BCUT2D eigenvalue weighted by Crippen LogP contribution is 2.28. The van der Waals surface area contributed by atoms with Gasteiger partial charge in [-0.15, -0.1) is 0 Å². The van der Waals surface area contributed by atoms with Crippen LogP contribution in [-0.4, -0.2) is 17.6 Å². The number of hydrogen-bond donors (Lipinski definition) is 0. The van der Waals surface area contributed by atoms with Crippen molar-refractivity contribution in [3.63, 3.8) is 0 Å². The largest absolute Gasteiger partial charge is 0.469 e. The maximum Gasteiger partial charge on any atom is 0.305 e. The Balaban J connectivity index is 1.93. The molecule has 3 heteroatoms. The van der Waals surface area contributed by atoms with Crippen LogP contribution < -0.4 is 0 Å². The van der Waals surface area contributed by atoms with Gasteiger partial charge in [-0.1, -0.05) is 6.07 Å². The number of esters is 1. The minimum atomic E-state index is -0.138. The number of aromatic nitrogens is 1. The Hall–Kier alpha value is -1.77. The SMILES string of the molecule is COC(=O)CCc1cc2c3c(ccn3CCC2)c1. The van der Waals surface area contributed by atoms with Gasteiger partial charge in [0.15, 0.2) is 0 Å². The normalized spacial score (nSPS) is 13.8. The number of aryl methyl sites for hydroxylation is 3. The summed E-state index contributed by atoms with van der Waals surface area (Å²) in [6.45, 7) is 1.12. The summed E-state index contributed by atoms with van der Waals surface area (Å²) in [5, 5.41) is 1.30. The van der Waals surface area contributed by atoms with E-state index in [4.69, 9.17) is 0 Å². The molecule has 3 nitrogen and oxygen atoms in total. The minimum Gasteiger partial charge on any atom is -0.469 e. The predicted octanol–water partition coefficient (Wildman–Crippen LogP) is 2.69. The number of nitrogens with zero attached hydrogens (tertiary/aromatic N) is 1. The van der Waals surface area contributed by atoms with Gasteiger partial charge in [0.2, 0.25) is 0 Å². The summed E-state index contributed by atoms with van der Waals surface area (Å²) >= 11 is 0. The fraction of sp³-hybridized carbons (Fsp3) is 0.400. The van der Waals surface area contributed by atoms with E-state index >= 15 is 0 Å². The predicted molar refractivity (Wildman–Crippen MR) is 70.6 cm³/mol. The van der Waals surface area contributed by atoms with E-state index < -0.39 is 0 Å². The molecule has 0 bridgehead atoms. The van der Waals surface area contributed by atoms with E-state index in [0.717, 1.165) is 19.4 Å². The van der Waals surface area contributed by atoms with E-state index in [-0.39, 0.29) is 5.97 Å². The molecule has 1 aliphatic heterocycles. The summed E-state index contributed by atoms with van der Waals surface area (Å²) in [6, 6.07) is 6.62. The zero-order valence-electron chi connectivity index (χ0n) is 10.6. The van der Waals surface area contributed by atoms with Gasteiger partial charge in [-0.05, 0) is 42.5 Å². The molecule has 0 amide bonds. The van der Waals surface area contributed by atoms with Crippen LogP contribution in [0.1, 0.15) is 24.0 Å². The van der Waals surface area contributed by atoms with Crippen molar-refractivity contribution < 1.29 is 9.53 Å². The van der Waals surface area contributed by atoms with Crippen molar-refractivity contribution in [2.24, 2.45) is 0 Å². The average molecular weight is 243 g/mol. The third kappa shape index (κ3) is 1.90. The monoisotopic (exact) mass is 243 g/mol. The van der Waals surface area contributed by atoms with Crippen LogP contribution in [0.2, 0.25) is 0 Å². The van der Waals surface area contributed by atoms with Gasteiger partial charge < -0.3 is 9.30 Å². The van der Waals surface area contributed by atoms with E-state index in [1.54, 1.807) is 0 Å². The first-order valence-electron chi connectivity index (χ1n) is 6.45. The van der Waals surface area contributed by atoms with Crippen molar-refractivity contribution in [3.8, 4) is 0 Å². The number of ether oxygens (including phenoxy) is 1. The van der Waals surface area contributed by atoms with E-state index in [9.17, 15) is 4.79 Å². The Morgan fingerprint density at radius 1 is 1.44 bits per heavy atom. The van der Waals surface area contributed by atoms with Crippen LogP contribution in [0.15, 0.2) is 24.4 Å². The third-order valence-electron chi connectivity index (χ3n) is 3.69. The first-order valence-corrected chi connectivity index (χ1v) is 6.45. The number of carbonyl (C=O) groups excluding carboxylic acids is 1. The molecule has 0 atom stereocenters. The average Bonchev–Trinajstić information content (AvgIpc) is 2.81. The van der Waals surface area contributed by atoms with Crippen molar-refractivity contribution in [3.05, 3.63) is 35.5 Å². The number of benzene rings is 1. The van der Waals surface area contributed by atoms with E-state index in [0.29, 0.717) is 6.42 Å². The lowest BCUT2D eigenvalue weighted by Crippen LogP contribution is -2.07. The van der Waals surface area contributed by atoms with E-state index in [2.05, 4.69) is 33.7 Å². The Morgan fingerprint density at radius 3 is 3.17 bits per heavy atom. The molecule has 3 rings (SSSR count). The Morgan fingerprint density at radius 2 is 2.33 bits per heavy atom. The molecule has 2 aromatic rings. The fourth-order valence-electron chi connectivity index (χ4n) is 2.82. The quantitative estimate of drug-likeness (QED) is 0.776. The van der Waals surface area contributed by atoms with Crippen LogP contribution in [0, 0.1) is 0 Å². The number of hydrogen-bond acceptors (Lipinski definition) is 2. The fourth-order valence-corrected chi connectivity index (χ4v) is 2.82. The lowest BCUT2D eigenvalue weighted by atomic mass is 9.98. The summed E-state index contributed by atoms with van der Waals surface area (Å²) in [5.41, 5.74) is 4.04. The first-order chi connectivity index (χ1) is 8.78. The lowest BCUT2D eigenvalue weighted by molar-refractivity contribution is -0.140. The molecule has 0 saturated heterocycles. The zero-order chi connectivity index (χ0) is 12.5. The molecular weight excluding hydrogens is 226 g/mol. The maximum atomic E-state index is 11.2. The standard InChI is InChI=1S/C15H17NO2/c1-18-14(17)5-4-11-9-12-3-2-7-16-8-6-13(10-11)15(12)16/h6,8-10H,2-5,7H2,1H3. The molecule has 1 aromatic heterocycles. The molecule has 0 N–H and O–H groups in total. The summed E-state index contributed by atoms with van der Waals surface area (Å²) in [7, 11) is 1.44. The van der Waals surface area contributed by atoms with E-state index in [1.807, 2.05) is 0 Å². The van der Waals surface area contributed by atoms with Crippen molar-refractivity contribution in [2.75, 3.05) is 7.11 Å². The van der Waals surface area contributed by atoms with Crippen LogP contribution in [-0.2, 0) is 28.9 Å². The van der Waals surface area contributed by atoms with E-state index in [1.165, 1.54) is 35.6 Å². The Labute approximate surface area is 106 Å². The van der Waals surface area contributed by atoms with Crippen LogP contribution in [0.5, 0.6) is 0 Å². The summed E-state index contributed by atoms with van der Waals surface area (Å²) in [6.07, 6.45) is 5.74. The van der Waals surface area contributed by atoms with Crippen LogP contribution in [0.25, 0.3) is 10.9 Å². The van der Waals surface area contributed by atoms with Gasteiger partial charge in [0, 0.05) is 24.5 Å². The van der Waals surface area contributed by atoms with Gasteiger partial charge in [-0.25, -0.2) is 0 Å². The Bertz CT molecular complexity index is 598. The summed E-state index contributed by atoms with van der Waals surface area (Å²) in [4.78, 5) is 11.2. The minimum absolute atomic E-state index is 0.138. The zero-order valence-corrected chi connectivity index (χ0v) is 10.6. The molecule has 94 valence electrons. The second-order valence-corrected chi connectivity index (χ2v) is 4.88. The van der Waals surface area contributed by atoms with Gasteiger partial charge in [0.05, 0.1) is 12.6 Å². The second kappa shape index (κ2) is 4.48. The molecule has 0 saturated carbocycles. The molecule has 0 radical (unpaired) electrons. The highest BCUT2D eigenvalue weighted by Gasteiger charge is 2.13. The molecule has 1 aliphatic rings. The maximum absolute atomic E-state index is 11.2. The topological polar surface area (TPSA) is 31.2 Å². The molecule has 1 aromatic carbocycles. The third-order valence-corrected chi connectivity index (χ3v) is 3.69. The molecule has 0 aliphatic carbocycles. The second-order valence-electron chi connectivity index (χ2n) is 4.88. The van der Waals surface area contributed by atoms with Crippen LogP contribution in [0.3, 0.4) is 0 Å². The van der Waals surface area contributed by atoms with Crippen molar-refractivity contribution in [2.45, 2.75) is 32.2 Å². The molecule has 0 spiro atoms. The van der Waals surface area contributed by atoms with Gasteiger partial charge in [-0.2, -0.15) is 0 Å². The molecule has 2 heterocycles. The van der Waals surface area contributed by atoms with Crippen molar-refractivity contribution in [1.29, 1.82) is 0 Å². The lowest BCUT2D eigenvalue weighted by Gasteiger charge is -2.16. The van der Waals surface area contributed by atoms with Gasteiger partial charge in [-0.3, -0.25) is 4.79 Å². The summed E-state index contributed by atoms with van der Waals surface area (Å²) in [5.74, 6) is -0.138. The number of methoxy groups -OCH3 is 1. The summed E-state index contributed by atoms with van der Waals surface area (Å²) < 4.78 is 7.02. The number of rotatable bonds is 3. The van der Waals surface area contributed by atoms with Gasteiger partial charge in [0.1, 0.15) is 0 Å².